The highest BCUT2D eigenvalue weighted by Crippen LogP contribution is 2.27. The van der Waals surface area contributed by atoms with Crippen molar-refractivity contribution in [1.82, 2.24) is 4.57 Å². The number of thiazole rings is 1. The van der Waals surface area contributed by atoms with Crippen molar-refractivity contribution in [2.45, 2.75) is 20.4 Å². The molecule has 0 aliphatic heterocycles. The van der Waals surface area contributed by atoms with E-state index in [2.05, 4.69) is 4.99 Å². The van der Waals surface area contributed by atoms with Gasteiger partial charge in [0.25, 0.3) is 5.91 Å². The van der Waals surface area contributed by atoms with Gasteiger partial charge in [0.15, 0.2) is 4.80 Å². The zero-order valence-electron chi connectivity index (χ0n) is 15.6. The Bertz CT molecular complexity index is 1060. The molecular formula is C20H20N2O4S2. The van der Waals surface area contributed by atoms with Crippen molar-refractivity contribution in [1.29, 1.82) is 0 Å². The van der Waals surface area contributed by atoms with Gasteiger partial charge < -0.3 is 14.0 Å². The molecule has 0 unspecified atom stereocenters. The van der Waals surface area contributed by atoms with Crippen LogP contribution in [0.15, 0.2) is 46.8 Å². The number of hydrogen-bond acceptors (Lipinski definition) is 6. The Kier molecular flexibility index (Phi) is 6.78. The third-order valence-electron chi connectivity index (χ3n) is 3.70. The molecule has 28 heavy (non-hydrogen) atoms. The van der Waals surface area contributed by atoms with Crippen LogP contribution in [0.1, 0.15) is 18.7 Å². The summed E-state index contributed by atoms with van der Waals surface area (Å²) in [5, 5.41) is 1.94. The number of nitrogens with zero attached hydrogens (tertiary/aromatic N) is 2. The predicted octanol–water partition coefficient (Wildman–Crippen LogP) is 3.87. The van der Waals surface area contributed by atoms with Gasteiger partial charge in [0, 0.05) is 11.0 Å². The van der Waals surface area contributed by atoms with Crippen LogP contribution in [0.5, 0.6) is 5.75 Å². The molecule has 2 heterocycles. The largest absolute Gasteiger partial charge is 0.492 e. The molecule has 0 atom stereocenters. The van der Waals surface area contributed by atoms with Gasteiger partial charge in [0.05, 0.1) is 17.9 Å². The van der Waals surface area contributed by atoms with Crippen molar-refractivity contribution >= 4 is 50.8 Å². The molecule has 0 radical (unpaired) electrons. The summed E-state index contributed by atoms with van der Waals surface area (Å²) in [6.45, 7) is 4.38. The highest BCUT2D eigenvalue weighted by atomic mass is 32.1. The number of benzene rings is 1. The normalized spacial score (nSPS) is 12.0. The summed E-state index contributed by atoms with van der Waals surface area (Å²) in [7, 11) is 0. The van der Waals surface area contributed by atoms with Crippen molar-refractivity contribution in [3.63, 3.8) is 0 Å². The van der Waals surface area contributed by atoms with Crippen molar-refractivity contribution in [3.8, 4) is 5.75 Å². The molecule has 2 aromatic heterocycles. The summed E-state index contributed by atoms with van der Waals surface area (Å²) in [6.07, 6.45) is 3.15. The molecule has 0 saturated heterocycles. The molecule has 1 amide bonds. The van der Waals surface area contributed by atoms with E-state index in [0.717, 1.165) is 15.1 Å². The van der Waals surface area contributed by atoms with E-state index in [-0.39, 0.29) is 13.2 Å². The summed E-state index contributed by atoms with van der Waals surface area (Å²) in [5.74, 6) is -0.143. The molecule has 0 N–H and O–H groups in total. The standard InChI is InChI=1S/C20H20N2O4S2/c1-3-25-15-8-5-9-16-19(15)22(13-18(24)26-4-2)20(28-16)21-17(23)11-10-14-7-6-12-27-14/h5-12H,3-4,13H2,1-2H3/b11-10+,21-20?. The van der Waals surface area contributed by atoms with Gasteiger partial charge >= 0.3 is 5.97 Å². The molecule has 1 aromatic carbocycles. The lowest BCUT2D eigenvalue weighted by molar-refractivity contribution is -0.143. The van der Waals surface area contributed by atoms with Crippen LogP contribution in [0, 0.1) is 0 Å². The Balaban J connectivity index is 2.05. The van der Waals surface area contributed by atoms with Crippen LogP contribution in [0.3, 0.4) is 0 Å². The average molecular weight is 417 g/mol. The summed E-state index contributed by atoms with van der Waals surface area (Å²) < 4.78 is 13.4. The Morgan fingerprint density at radius 1 is 1.18 bits per heavy atom. The van der Waals surface area contributed by atoms with Crippen LogP contribution in [0.25, 0.3) is 16.3 Å². The van der Waals surface area contributed by atoms with Crippen LogP contribution < -0.4 is 9.54 Å². The zero-order valence-corrected chi connectivity index (χ0v) is 17.2. The number of esters is 1. The van der Waals surface area contributed by atoms with Crippen LogP contribution in [-0.4, -0.2) is 29.7 Å². The first-order valence-electron chi connectivity index (χ1n) is 8.83. The van der Waals surface area contributed by atoms with Gasteiger partial charge in [-0.25, -0.2) is 0 Å². The lowest BCUT2D eigenvalue weighted by Gasteiger charge is -2.09. The summed E-state index contributed by atoms with van der Waals surface area (Å²) in [4.78, 5) is 30.1. The minimum atomic E-state index is -0.393. The maximum absolute atomic E-state index is 12.4. The van der Waals surface area contributed by atoms with Gasteiger partial charge in [-0.1, -0.05) is 23.5 Å². The number of ether oxygens (including phenoxy) is 2. The minimum absolute atomic E-state index is 0.0430. The number of amides is 1. The first kappa shape index (κ1) is 20.0. The predicted molar refractivity (Wildman–Crippen MR) is 112 cm³/mol. The first-order chi connectivity index (χ1) is 13.6. The Labute approximate surface area is 170 Å². The van der Waals surface area contributed by atoms with E-state index in [1.54, 1.807) is 17.6 Å². The van der Waals surface area contributed by atoms with Crippen molar-refractivity contribution in [2.24, 2.45) is 4.99 Å². The fourth-order valence-electron chi connectivity index (χ4n) is 2.61. The molecule has 3 rings (SSSR count). The van der Waals surface area contributed by atoms with Crippen molar-refractivity contribution in [2.75, 3.05) is 13.2 Å². The summed E-state index contributed by atoms with van der Waals surface area (Å²) >= 11 is 2.87. The fraction of sp³-hybridized carbons (Fsp3) is 0.250. The van der Waals surface area contributed by atoms with Crippen LogP contribution in [-0.2, 0) is 20.9 Å². The molecule has 0 spiro atoms. The molecule has 146 valence electrons. The van der Waals surface area contributed by atoms with E-state index in [4.69, 9.17) is 9.47 Å². The van der Waals surface area contributed by atoms with Crippen LogP contribution in [0.4, 0.5) is 0 Å². The van der Waals surface area contributed by atoms with E-state index in [9.17, 15) is 9.59 Å². The molecule has 0 aliphatic rings. The molecular weight excluding hydrogens is 396 g/mol. The van der Waals surface area contributed by atoms with E-state index in [1.165, 1.54) is 28.7 Å². The molecule has 3 aromatic rings. The zero-order chi connectivity index (χ0) is 19.9. The number of aromatic nitrogens is 1. The van der Waals surface area contributed by atoms with Gasteiger partial charge in [0.1, 0.15) is 17.8 Å². The van der Waals surface area contributed by atoms with E-state index in [0.29, 0.717) is 17.2 Å². The van der Waals surface area contributed by atoms with Gasteiger partial charge in [-0.15, -0.1) is 11.3 Å². The number of rotatable bonds is 7. The smallest absolute Gasteiger partial charge is 0.326 e. The number of hydrogen-bond donors (Lipinski definition) is 0. The summed E-state index contributed by atoms with van der Waals surface area (Å²) in [6, 6.07) is 9.46. The van der Waals surface area contributed by atoms with Gasteiger partial charge in [0.2, 0.25) is 0 Å². The number of carbonyl (C=O) groups excluding carboxylic acids is 2. The second kappa shape index (κ2) is 9.48. The number of thiophene rings is 1. The third kappa shape index (κ3) is 4.76. The second-order valence-electron chi connectivity index (χ2n) is 5.61. The minimum Gasteiger partial charge on any atom is -0.492 e. The quantitative estimate of drug-likeness (QED) is 0.433. The van der Waals surface area contributed by atoms with Crippen LogP contribution >= 0.6 is 22.7 Å². The number of para-hydroxylation sites is 1. The molecule has 0 bridgehead atoms. The molecule has 0 aliphatic carbocycles. The molecule has 8 heteroatoms. The highest BCUT2D eigenvalue weighted by Gasteiger charge is 2.15. The average Bonchev–Trinajstić information content (AvgIpc) is 3.30. The SMILES string of the molecule is CCOC(=O)Cn1c(=NC(=O)/C=C/c2cccs2)sc2cccc(OCC)c21. The Morgan fingerprint density at radius 3 is 2.75 bits per heavy atom. The lowest BCUT2D eigenvalue weighted by Crippen LogP contribution is -2.23. The lowest BCUT2D eigenvalue weighted by atomic mass is 10.3. The maximum Gasteiger partial charge on any atom is 0.326 e. The van der Waals surface area contributed by atoms with E-state index in [1.807, 2.05) is 42.6 Å². The fourth-order valence-corrected chi connectivity index (χ4v) is 4.28. The van der Waals surface area contributed by atoms with Crippen LogP contribution in [0.2, 0.25) is 0 Å². The topological polar surface area (TPSA) is 69.9 Å². The highest BCUT2D eigenvalue weighted by molar-refractivity contribution is 7.16. The van der Waals surface area contributed by atoms with E-state index < -0.39 is 11.9 Å². The molecule has 0 fully saturated rings. The Morgan fingerprint density at radius 2 is 2.04 bits per heavy atom. The molecule has 6 nitrogen and oxygen atoms in total. The third-order valence-corrected chi connectivity index (χ3v) is 5.58. The van der Waals surface area contributed by atoms with Gasteiger partial charge in [-0.3, -0.25) is 9.59 Å². The van der Waals surface area contributed by atoms with Crippen molar-refractivity contribution < 1.29 is 19.1 Å². The second-order valence-corrected chi connectivity index (χ2v) is 7.60. The number of carbonyl (C=O) groups is 2. The molecule has 0 saturated carbocycles. The first-order valence-corrected chi connectivity index (χ1v) is 10.5. The number of fused-ring (bicyclic) bond motifs is 1. The van der Waals surface area contributed by atoms with Gasteiger partial charge in [-0.2, -0.15) is 4.99 Å². The Hall–Kier alpha value is -2.71. The van der Waals surface area contributed by atoms with Gasteiger partial charge in [-0.05, 0) is 43.5 Å². The van der Waals surface area contributed by atoms with Crippen molar-refractivity contribution in [3.05, 3.63) is 51.5 Å². The summed E-state index contributed by atoms with van der Waals surface area (Å²) in [5.41, 5.74) is 0.733. The monoisotopic (exact) mass is 416 g/mol. The van der Waals surface area contributed by atoms with E-state index >= 15 is 0 Å². The maximum atomic E-state index is 12.4.